The van der Waals surface area contributed by atoms with Gasteiger partial charge in [0.15, 0.2) is 0 Å². The zero-order chi connectivity index (χ0) is 24.1. The molecule has 0 aliphatic carbocycles. The van der Waals surface area contributed by atoms with Gasteiger partial charge in [0.1, 0.15) is 11.5 Å². The smallest absolute Gasteiger partial charge is 0.253 e. The van der Waals surface area contributed by atoms with Crippen LogP contribution in [0.25, 0.3) is 0 Å². The summed E-state index contributed by atoms with van der Waals surface area (Å²) in [7, 11) is 0. The normalized spacial score (nSPS) is 16.2. The van der Waals surface area contributed by atoms with Gasteiger partial charge in [0.05, 0.1) is 12.3 Å². The SMILES string of the molecule is CC(=O)NCCCOc1ccc(C(=O)N2CCC(N3C(=O)CCc4c(O)cccc43)CC2)cc1. The van der Waals surface area contributed by atoms with Crippen molar-refractivity contribution >= 4 is 23.4 Å². The van der Waals surface area contributed by atoms with E-state index in [0.29, 0.717) is 69.7 Å². The zero-order valence-corrected chi connectivity index (χ0v) is 19.5. The van der Waals surface area contributed by atoms with Gasteiger partial charge in [-0.25, -0.2) is 0 Å². The van der Waals surface area contributed by atoms with Gasteiger partial charge in [0.2, 0.25) is 11.8 Å². The fourth-order valence-corrected chi connectivity index (χ4v) is 4.66. The summed E-state index contributed by atoms with van der Waals surface area (Å²) in [6, 6.07) is 12.5. The van der Waals surface area contributed by atoms with Gasteiger partial charge in [-0.15, -0.1) is 0 Å². The molecule has 0 unspecified atom stereocenters. The lowest BCUT2D eigenvalue weighted by Gasteiger charge is -2.41. The van der Waals surface area contributed by atoms with Gasteiger partial charge in [-0.1, -0.05) is 6.07 Å². The molecule has 1 fully saturated rings. The van der Waals surface area contributed by atoms with E-state index in [1.807, 2.05) is 15.9 Å². The largest absolute Gasteiger partial charge is 0.508 e. The van der Waals surface area contributed by atoms with E-state index in [1.165, 1.54) is 6.92 Å². The van der Waals surface area contributed by atoms with Crippen LogP contribution in [0, 0.1) is 0 Å². The third-order valence-electron chi connectivity index (χ3n) is 6.43. The van der Waals surface area contributed by atoms with Gasteiger partial charge in [0, 0.05) is 50.1 Å². The second kappa shape index (κ2) is 10.6. The Bertz CT molecular complexity index is 1040. The zero-order valence-electron chi connectivity index (χ0n) is 19.5. The molecule has 2 aliphatic heterocycles. The molecule has 3 amide bonds. The van der Waals surface area contributed by atoms with Gasteiger partial charge in [-0.05, 0) is 62.1 Å². The van der Waals surface area contributed by atoms with Crippen LogP contribution in [0.5, 0.6) is 11.5 Å². The number of piperidine rings is 1. The van der Waals surface area contributed by atoms with Crippen LogP contribution in [-0.2, 0) is 16.0 Å². The molecule has 1 saturated heterocycles. The summed E-state index contributed by atoms with van der Waals surface area (Å²) in [4.78, 5) is 40.2. The highest BCUT2D eigenvalue weighted by Gasteiger charge is 2.34. The predicted molar refractivity (Wildman–Crippen MR) is 128 cm³/mol. The molecule has 8 nitrogen and oxygen atoms in total. The Kier molecular flexibility index (Phi) is 7.35. The minimum Gasteiger partial charge on any atom is -0.508 e. The number of likely N-dealkylation sites (tertiary alicyclic amines) is 1. The van der Waals surface area contributed by atoms with Crippen molar-refractivity contribution in [2.45, 2.75) is 45.1 Å². The summed E-state index contributed by atoms with van der Waals surface area (Å²) in [5.74, 6) is 0.916. The Hall–Kier alpha value is -3.55. The van der Waals surface area contributed by atoms with Crippen LogP contribution < -0.4 is 15.0 Å². The molecule has 0 bridgehead atoms. The number of fused-ring (bicyclic) bond motifs is 1. The van der Waals surface area contributed by atoms with Crippen LogP contribution >= 0.6 is 0 Å². The first kappa shape index (κ1) is 23.6. The number of hydrogen-bond donors (Lipinski definition) is 2. The molecular weight excluding hydrogens is 434 g/mol. The molecule has 8 heteroatoms. The fourth-order valence-electron chi connectivity index (χ4n) is 4.66. The number of anilines is 1. The van der Waals surface area contributed by atoms with E-state index in [9.17, 15) is 19.5 Å². The van der Waals surface area contributed by atoms with Crippen LogP contribution in [0.1, 0.15) is 48.5 Å². The van der Waals surface area contributed by atoms with E-state index in [0.717, 1.165) is 11.3 Å². The van der Waals surface area contributed by atoms with Crippen LogP contribution in [0.2, 0.25) is 0 Å². The standard InChI is InChI=1S/C26H31N3O5/c1-18(30)27-14-3-17-34-21-8-6-19(7-9-21)26(33)28-15-12-20(13-16-28)29-23-4-2-5-24(31)22(23)10-11-25(29)32/h2,4-9,20,31H,3,10-17H2,1H3,(H,27,30). The van der Waals surface area contributed by atoms with Crippen molar-refractivity contribution in [3.63, 3.8) is 0 Å². The van der Waals surface area contributed by atoms with Crippen molar-refractivity contribution < 1.29 is 24.2 Å². The van der Waals surface area contributed by atoms with Crippen molar-refractivity contribution in [1.29, 1.82) is 0 Å². The van der Waals surface area contributed by atoms with Crippen molar-refractivity contribution in [2.24, 2.45) is 0 Å². The Morgan fingerprint density at radius 3 is 2.53 bits per heavy atom. The van der Waals surface area contributed by atoms with Gasteiger partial charge in [-0.3, -0.25) is 14.4 Å². The summed E-state index contributed by atoms with van der Waals surface area (Å²) in [6.07, 6.45) is 3.05. The maximum atomic E-state index is 13.0. The first-order valence-corrected chi connectivity index (χ1v) is 11.8. The lowest BCUT2D eigenvalue weighted by atomic mass is 9.94. The molecular formula is C26H31N3O5. The number of nitrogens with zero attached hydrogens (tertiary/aromatic N) is 2. The number of benzene rings is 2. The molecule has 34 heavy (non-hydrogen) atoms. The number of rotatable bonds is 7. The number of carbonyl (C=O) groups is 3. The molecule has 0 spiro atoms. The van der Waals surface area contributed by atoms with Crippen molar-refractivity contribution in [3.8, 4) is 11.5 Å². The van der Waals surface area contributed by atoms with Gasteiger partial charge in [0.25, 0.3) is 5.91 Å². The van der Waals surface area contributed by atoms with Crippen LogP contribution in [-0.4, -0.2) is 60.0 Å². The first-order chi connectivity index (χ1) is 16.4. The second-order valence-corrected chi connectivity index (χ2v) is 8.77. The molecule has 0 atom stereocenters. The minimum atomic E-state index is -0.0569. The van der Waals surface area contributed by atoms with Crippen molar-refractivity contribution in [1.82, 2.24) is 10.2 Å². The highest BCUT2D eigenvalue weighted by molar-refractivity contribution is 5.98. The van der Waals surface area contributed by atoms with E-state index >= 15 is 0 Å². The summed E-state index contributed by atoms with van der Waals surface area (Å²) in [6.45, 7) is 3.68. The second-order valence-electron chi connectivity index (χ2n) is 8.77. The summed E-state index contributed by atoms with van der Waals surface area (Å²) >= 11 is 0. The van der Waals surface area contributed by atoms with E-state index < -0.39 is 0 Å². The lowest BCUT2D eigenvalue weighted by molar-refractivity contribution is -0.120. The maximum absolute atomic E-state index is 13.0. The first-order valence-electron chi connectivity index (χ1n) is 11.8. The minimum absolute atomic E-state index is 0.0191. The Morgan fingerprint density at radius 1 is 1.09 bits per heavy atom. The molecule has 0 saturated carbocycles. The average Bonchev–Trinajstić information content (AvgIpc) is 2.84. The highest BCUT2D eigenvalue weighted by Crippen LogP contribution is 2.37. The molecule has 2 heterocycles. The number of phenols is 1. The van der Waals surface area contributed by atoms with Gasteiger partial charge < -0.3 is 25.0 Å². The number of phenolic OH excluding ortho intramolecular Hbond substituents is 1. The number of aromatic hydroxyl groups is 1. The molecule has 2 N–H and O–H groups in total. The molecule has 4 rings (SSSR count). The quantitative estimate of drug-likeness (QED) is 0.613. The summed E-state index contributed by atoms with van der Waals surface area (Å²) in [5.41, 5.74) is 2.24. The highest BCUT2D eigenvalue weighted by atomic mass is 16.5. The molecule has 180 valence electrons. The Labute approximate surface area is 199 Å². The Balaban J connectivity index is 1.31. The number of nitrogens with one attached hydrogen (secondary N) is 1. The average molecular weight is 466 g/mol. The van der Waals surface area contributed by atoms with E-state index in [4.69, 9.17) is 4.74 Å². The lowest BCUT2D eigenvalue weighted by Crippen LogP contribution is -2.50. The van der Waals surface area contributed by atoms with Crippen LogP contribution in [0.4, 0.5) is 5.69 Å². The third kappa shape index (κ3) is 5.32. The molecule has 0 radical (unpaired) electrons. The van der Waals surface area contributed by atoms with Crippen LogP contribution in [0.15, 0.2) is 42.5 Å². The number of ether oxygens (including phenoxy) is 1. The molecule has 2 aromatic carbocycles. The topological polar surface area (TPSA) is 99.2 Å². The molecule has 0 aromatic heterocycles. The van der Waals surface area contributed by atoms with Gasteiger partial charge in [-0.2, -0.15) is 0 Å². The summed E-state index contributed by atoms with van der Waals surface area (Å²) in [5, 5.41) is 12.9. The Morgan fingerprint density at radius 2 is 1.82 bits per heavy atom. The fraction of sp³-hybridized carbons (Fsp3) is 0.423. The van der Waals surface area contributed by atoms with Gasteiger partial charge >= 0.3 is 0 Å². The maximum Gasteiger partial charge on any atom is 0.253 e. The monoisotopic (exact) mass is 465 g/mol. The van der Waals surface area contributed by atoms with E-state index in [2.05, 4.69) is 5.32 Å². The summed E-state index contributed by atoms with van der Waals surface area (Å²) < 4.78 is 5.66. The molecule has 2 aliphatic rings. The van der Waals surface area contributed by atoms with Crippen LogP contribution in [0.3, 0.4) is 0 Å². The number of carbonyl (C=O) groups excluding carboxylic acids is 3. The van der Waals surface area contributed by atoms with Crippen molar-refractivity contribution in [2.75, 3.05) is 31.1 Å². The predicted octanol–water partition coefficient (Wildman–Crippen LogP) is 2.88. The van der Waals surface area contributed by atoms with E-state index in [-0.39, 0.29) is 29.5 Å². The number of amides is 3. The third-order valence-corrected chi connectivity index (χ3v) is 6.43. The number of hydrogen-bond acceptors (Lipinski definition) is 5. The van der Waals surface area contributed by atoms with E-state index in [1.54, 1.807) is 36.4 Å². The van der Waals surface area contributed by atoms with Crippen molar-refractivity contribution in [3.05, 3.63) is 53.6 Å². The molecule has 2 aromatic rings.